The summed E-state index contributed by atoms with van der Waals surface area (Å²) in [4.78, 5) is 72.9. The molecule has 2 N–H and O–H groups in total. The van der Waals surface area contributed by atoms with Crippen LogP contribution in [0.5, 0.6) is 5.88 Å². The van der Waals surface area contributed by atoms with E-state index in [2.05, 4.69) is 15.7 Å². The molecule has 2 saturated carbocycles. The lowest BCUT2D eigenvalue weighted by atomic mass is 9.93. The van der Waals surface area contributed by atoms with Crippen molar-refractivity contribution < 1.29 is 38.3 Å². The van der Waals surface area contributed by atoms with Gasteiger partial charge in [0.05, 0.1) is 18.8 Å². The lowest BCUT2D eigenvalue weighted by Crippen LogP contribution is -2.54. The summed E-state index contributed by atoms with van der Waals surface area (Å²) in [6.07, 6.45) is 6.31. The molecule has 0 bridgehead atoms. The molecule has 2 aliphatic carbocycles. The number of nitrogens with zero attached hydrogens (tertiary/aromatic N) is 5. The van der Waals surface area contributed by atoms with Crippen molar-refractivity contribution in [3.8, 4) is 11.6 Å². The number of para-hydroxylation sites is 1. The molecular formula is C33H43N7O8. The van der Waals surface area contributed by atoms with E-state index in [0.29, 0.717) is 44.8 Å². The highest BCUT2D eigenvalue weighted by Crippen LogP contribution is 2.24. The maximum absolute atomic E-state index is 13.3. The number of nitrogens with one attached hydrogen (secondary N) is 2. The second kappa shape index (κ2) is 15.0. The van der Waals surface area contributed by atoms with Crippen LogP contribution in [0.3, 0.4) is 0 Å². The summed E-state index contributed by atoms with van der Waals surface area (Å²) < 4.78 is 12.6. The van der Waals surface area contributed by atoms with Crippen molar-refractivity contribution >= 4 is 29.8 Å². The molecule has 4 fully saturated rings. The minimum atomic E-state index is -0.862. The lowest BCUT2D eigenvalue weighted by Gasteiger charge is -2.35. The van der Waals surface area contributed by atoms with Gasteiger partial charge in [0.1, 0.15) is 18.2 Å². The largest absolute Gasteiger partial charge is 0.528 e. The number of ether oxygens (including phenoxy) is 2. The first-order valence-corrected chi connectivity index (χ1v) is 16.9. The summed E-state index contributed by atoms with van der Waals surface area (Å²) >= 11 is 0. The Bertz CT molecular complexity index is 1480. The van der Waals surface area contributed by atoms with Gasteiger partial charge in [-0.15, -0.1) is 5.06 Å². The average Bonchev–Trinajstić information content (AvgIpc) is 3.72. The van der Waals surface area contributed by atoms with Crippen LogP contribution in [-0.2, 0) is 24.0 Å². The maximum atomic E-state index is 13.3. The summed E-state index contributed by atoms with van der Waals surface area (Å²) in [5.74, 6) is -1.16. The summed E-state index contributed by atoms with van der Waals surface area (Å²) in [6.45, 7) is 2.98. The van der Waals surface area contributed by atoms with E-state index in [0.717, 1.165) is 44.9 Å². The van der Waals surface area contributed by atoms with E-state index < -0.39 is 24.1 Å². The monoisotopic (exact) mass is 665 g/mol. The smallest absolute Gasteiger partial charge is 0.467 e. The van der Waals surface area contributed by atoms with Gasteiger partial charge >= 0.3 is 6.16 Å². The molecule has 48 heavy (non-hydrogen) atoms. The third kappa shape index (κ3) is 7.89. The zero-order valence-electron chi connectivity index (χ0n) is 27.2. The van der Waals surface area contributed by atoms with E-state index in [4.69, 9.17) is 14.3 Å². The fourth-order valence-electron chi connectivity index (χ4n) is 6.10. The van der Waals surface area contributed by atoms with Gasteiger partial charge in [-0.2, -0.15) is 5.10 Å². The number of rotatable bonds is 11. The number of hydrogen-bond acceptors (Lipinski definition) is 10. The number of carbonyl (C=O) groups excluding carboxylic acids is 5. The van der Waals surface area contributed by atoms with Gasteiger partial charge in [-0.1, -0.05) is 18.2 Å². The van der Waals surface area contributed by atoms with Gasteiger partial charge in [0.25, 0.3) is 11.8 Å². The summed E-state index contributed by atoms with van der Waals surface area (Å²) in [5.41, 5.74) is 0.613. The van der Waals surface area contributed by atoms with E-state index in [1.807, 2.05) is 18.2 Å². The molecule has 0 spiro atoms. The van der Waals surface area contributed by atoms with E-state index in [1.54, 1.807) is 28.9 Å². The molecule has 2 saturated heterocycles. The zero-order valence-corrected chi connectivity index (χ0v) is 27.2. The fraction of sp³-hybridized carbons (Fsp3) is 0.576. The number of aromatic nitrogens is 2. The first-order valence-electron chi connectivity index (χ1n) is 16.9. The third-order valence-corrected chi connectivity index (χ3v) is 9.37. The van der Waals surface area contributed by atoms with Gasteiger partial charge in [0.15, 0.2) is 12.3 Å². The molecule has 0 radical (unpaired) electrons. The molecule has 1 aromatic carbocycles. The van der Waals surface area contributed by atoms with Crippen LogP contribution < -0.4 is 15.4 Å². The molecule has 2 aromatic rings. The number of carbonyl (C=O) groups is 5. The summed E-state index contributed by atoms with van der Waals surface area (Å²) in [5, 5.41) is 11.7. The minimum absolute atomic E-state index is 0.00284. The van der Waals surface area contributed by atoms with Crippen LogP contribution in [0.4, 0.5) is 4.79 Å². The molecule has 2 aliphatic heterocycles. The number of hydroxylamine groups is 2. The summed E-state index contributed by atoms with van der Waals surface area (Å²) in [6, 6.07) is 9.26. The topological polar surface area (TPSA) is 165 Å². The van der Waals surface area contributed by atoms with Gasteiger partial charge in [-0.05, 0) is 70.4 Å². The van der Waals surface area contributed by atoms with Crippen LogP contribution in [0.15, 0.2) is 36.4 Å². The predicted octanol–water partition coefficient (Wildman–Crippen LogP) is 1.79. The number of amides is 4. The number of likely N-dealkylation sites (tertiary alicyclic amines) is 1. The van der Waals surface area contributed by atoms with Crippen LogP contribution in [-0.4, -0.2) is 118 Å². The van der Waals surface area contributed by atoms with Crippen LogP contribution in [0.25, 0.3) is 5.69 Å². The molecule has 15 nitrogen and oxygen atoms in total. The minimum Gasteiger partial charge on any atom is -0.467 e. The van der Waals surface area contributed by atoms with Crippen LogP contribution in [0.1, 0.15) is 68.8 Å². The molecular weight excluding hydrogens is 622 g/mol. The van der Waals surface area contributed by atoms with Gasteiger partial charge in [-0.3, -0.25) is 19.2 Å². The number of piperazine rings is 1. The van der Waals surface area contributed by atoms with Crippen molar-refractivity contribution in [2.75, 3.05) is 39.3 Å². The maximum Gasteiger partial charge on any atom is 0.528 e. The molecule has 15 heteroatoms. The van der Waals surface area contributed by atoms with E-state index in [1.165, 1.54) is 15.8 Å². The Morgan fingerprint density at radius 2 is 1.65 bits per heavy atom. The van der Waals surface area contributed by atoms with Gasteiger partial charge < -0.3 is 34.7 Å². The lowest BCUT2D eigenvalue weighted by molar-refractivity contribution is -0.163. The van der Waals surface area contributed by atoms with Crippen LogP contribution in [0, 0.1) is 0 Å². The predicted molar refractivity (Wildman–Crippen MR) is 170 cm³/mol. The third-order valence-electron chi connectivity index (χ3n) is 9.37. The highest BCUT2D eigenvalue weighted by atomic mass is 16.8. The molecule has 1 aromatic heterocycles. The van der Waals surface area contributed by atoms with E-state index >= 15 is 0 Å². The van der Waals surface area contributed by atoms with Crippen molar-refractivity contribution in [1.29, 1.82) is 0 Å². The molecule has 0 unspecified atom stereocenters. The van der Waals surface area contributed by atoms with Crippen molar-refractivity contribution in [2.45, 2.75) is 82.5 Å². The van der Waals surface area contributed by atoms with Crippen LogP contribution in [0.2, 0.25) is 0 Å². The Morgan fingerprint density at radius 1 is 0.917 bits per heavy atom. The number of benzene rings is 1. The van der Waals surface area contributed by atoms with E-state index in [-0.39, 0.29) is 48.0 Å². The van der Waals surface area contributed by atoms with Crippen molar-refractivity contribution in [3.63, 3.8) is 0 Å². The second-order valence-corrected chi connectivity index (χ2v) is 12.7. The Kier molecular flexibility index (Phi) is 10.4. The zero-order chi connectivity index (χ0) is 33.6. The van der Waals surface area contributed by atoms with Crippen molar-refractivity contribution in [3.05, 3.63) is 42.1 Å². The molecule has 3 heterocycles. The molecule has 6 rings (SSSR count). The van der Waals surface area contributed by atoms with Gasteiger partial charge in [0.2, 0.25) is 17.7 Å². The standard InChI is InChI=1S/C33H43N7O8/c1-22(32(44)37-16-18-38(19-17-37)48-33(45)47-25-12-6-13-25)34-30(42)26-20-29(40(36-26)24-10-3-2-4-11-24)46-21-28(41)39-15-7-14-27(39)31(43)35-23-8-5-9-23/h2-4,10-11,20,22-23,25,27H,5-9,12-19,21H2,1H3,(H,34,42)(H,35,43)/t22-,27-/m0/s1. The van der Waals surface area contributed by atoms with E-state index in [9.17, 15) is 24.0 Å². The first-order chi connectivity index (χ1) is 23.2. The first kappa shape index (κ1) is 33.2. The van der Waals surface area contributed by atoms with Gasteiger partial charge in [-0.25, -0.2) is 9.48 Å². The molecule has 258 valence electrons. The Hall–Kier alpha value is -4.66. The highest BCUT2D eigenvalue weighted by molar-refractivity contribution is 5.96. The Labute approximate surface area is 278 Å². The normalized spacial score (nSPS) is 20.6. The van der Waals surface area contributed by atoms with Crippen molar-refractivity contribution in [1.82, 2.24) is 35.3 Å². The second-order valence-electron chi connectivity index (χ2n) is 12.7. The fourth-order valence-corrected chi connectivity index (χ4v) is 6.10. The van der Waals surface area contributed by atoms with Gasteiger partial charge in [0, 0.05) is 31.7 Å². The number of hydrogen-bond donors (Lipinski definition) is 2. The molecule has 4 amide bonds. The molecule has 4 aliphatic rings. The van der Waals surface area contributed by atoms with Crippen LogP contribution >= 0.6 is 0 Å². The summed E-state index contributed by atoms with van der Waals surface area (Å²) in [7, 11) is 0. The Morgan fingerprint density at radius 3 is 2.31 bits per heavy atom. The SMILES string of the molecule is C[C@H](NC(=O)c1cc(OCC(=O)N2CCC[C@H]2C(=O)NC2CCC2)n(-c2ccccc2)n1)C(=O)N1CCN(OC(=O)OC2CCC2)CC1. The van der Waals surface area contributed by atoms with Crippen molar-refractivity contribution in [2.24, 2.45) is 0 Å². The quantitative estimate of drug-likeness (QED) is 0.338. The Balaban J connectivity index is 1.04. The molecule has 2 atom stereocenters. The average molecular weight is 666 g/mol. The highest BCUT2D eigenvalue weighted by Gasteiger charge is 2.36.